The fourth-order valence-corrected chi connectivity index (χ4v) is 3.55. The lowest BCUT2D eigenvalue weighted by atomic mass is 10.1. The number of ether oxygens (including phenoxy) is 2. The van der Waals surface area contributed by atoms with Gasteiger partial charge in [0, 0.05) is 39.5 Å². The van der Waals surface area contributed by atoms with Crippen molar-refractivity contribution in [1.82, 2.24) is 10.2 Å². The van der Waals surface area contributed by atoms with E-state index >= 15 is 0 Å². The average Bonchev–Trinajstić information content (AvgIpc) is 2.74. The molecule has 0 bridgehead atoms. The Hall–Kier alpha value is -1.96. The molecule has 6 heteroatoms. The Morgan fingerprint density at radius 2 is 1.86 bits per heavy atom. The average molecular weight is 509 g/mol. The second-order valence-corrected chi connectivity index (χ2v) is 7.15. The Morgan fingerprint density at radius 3 is 2.52 bits per heavy atom. The van der Waals surface area contributed by atoms with E-state index in [2.05, 4.69) is 40.3 Å². The van der Waals surface area contributed by atoms with Gasteiger partial charge in [0.05, 0.1) is 7.11 Å². The first-order valence-electron chi connectivity index (χ1n) is 10.0. The Morgan fingerprint density at radius 1 is 1.14 bits per heavy atom. The first kappa shape index (κ1) is 23.3. The number of aliphatic imine (C=N–C) groups is 1. The molecule has 1 aliphatic heterocycles. The number of hydrogen-bond acceptors (Lipinski definition) is 3. The van der Waals surface area contributed by atoms with Crippen molar-refractivity contribution in [2.45, 2.75) is 32.3 Å². The maximum atomic E-state index is 6.09. The largest absolute Gasteiger partial charge is 0.496 e. The van der Waals surface area contributed by atoms with Crippen LogP contribution >= 0.6 is 24.0 Å². The van der Waals surface area contributed by atoms with E-state index < -0.39 is 0 Å². The second kappa shape index (κ2) is 11.9. The molecular formula is C23H32IN3O2. The minimum absolute atomic E-state index is 0. The van der Waals surface area contributed by atoms with Crippen LogP contribution in [0.5, 0.6) is 11.5 Å². The number of guanidine groups is 1. The molecule has 2 aromatic rings. The number of hydrogen-bond donors (Lipinski definition) is 1. The van der Waals surface area contributed by atoms with Crippen LogP contribution < -0.4 is 14.8 Å². The first-order chi connectivity index (χ1) is 13.7. The van der Waals surface area contributed by atoms with Gasteiger partial charge in [-0.1, -0.05) is 30.3 Å². The summed E-state index contributed by atoms with van der Waals surface area (Å²) in [5.41, 5.74) is 2.43. The molecule has 0 radical (unpaired) electrons. The monoisotopic (exact) mass is 509 g/mol. The van der Waals surface area contributed by atoms with Gasteiger partial charge in [-0.25, -0.2) is 0 Å². The number of para-hydroxylation sites is 1. The molecule has 1 saturated heterocycles. The number of benzene rings is 2. The van der Waals surface area contributed by atoms with Crippen molar-refractivity contribution in [3.63, 3.8) is 0 Å². The normalized spacial score (nSPS) is 14.9. The minimum atomic E-state index is 0. The zero-order valence-electron chi connectivity index (χ0n) is 17.6. The van der Waals surface area contributed by atoms with Crippen LogP contribution in [-0.4, -0.2) is 50.8 Å². The Bertz CT molecular complexity index is 775. The molecule has 1 fully saturated rings. The molecule has 0 aromatic heterocycles. The third kappa shape index (κ3) is 6.80. The Labute approximate surface area is 191 Å². The predicted octanol–water partition coefficient (Wildman–Crippen LogP) is 4.28. The van der Waals surface area contributed by atoms with E-state index in [9.17, 15) is 0 Å². The summed E-state index contributed by atoms with van der Waals surface area (Å²) in [4.78, 5) is 6.79. The van der Waals surface area contributed by atoms with Crippen LogP contribution in [0.4, 0.5) is 0 Å². The van der Waals surface area contributed by atoms with E-state index in [1.54, 1.807) is 7.11 Å². The van der Waals surface area contributed by atoms with Crippen molar-refractivity contribution < 1.29 is 9.47 Å². The van der Waals surface area contributed by atoms with Crippen LogP contribution in [0.15, 0.2) is 53.5 Å². The fourth-order valence-electron chi connectivity index (χ4n) is 3.55. The summed E-state index contributed by atoms with van der Waals surface area (Å²) in [5.74, 6) is 2.87. The molecule has 0 saturated carbocycles. The maximum absolute atomic E-state index is 6.09. The van der Waals surface area contributed by atoms with Crippen LogP contribution in [0.25, 0.3) is 0 Å². The fraction of sp³-hybridized carbons (Fsp3) is 0.435. The van der Waals surface area contributed by atoms with Gasteiger partial charge in [-0.15, -0.1) is 24.0 Å². The molecule has 158 valence electrons. The highest BCUT2D eigenvalue weighted by atomic mass is 127. The number of nitrogens with one attached hydrogen (secondary N) is 1. The second-order valence-electron chi connectivity index (χ2n) is 7.15. The maximum Gasteiger partial charge on any atom is 0.193 e. The lowest BCUT2D eigenvalue weighted by molar-refractivity contribution is 0.129. The van der Waals surface area contributed by atoms with E-state index in [0.29, 0.717) is 0 Å². The summed E-state index contributed by atoms with van der Waals surface area (Å²) in [7, 11) is 3.57. The van der Waals surface area contributed by atoms with E-state index in [-0.39, 0.29) is 30.1 Å². The molecule has 0 unspecified atom stereocenters. The molecule has 3 rings (SSSR count). The lowest BCUT2D eigenvalue weighted by Crippen LogP contribution is -2.47. The molecule has 1 aliphatic rings. The smallest absolute Gasteiger partial charge is 0.193 e. The van der Waals surface area contributed by atoms with Gasteiger partial charge in [0.2, 0.25) is 0 Å². The van der Waals surface area contributed by atoms with Gasteiger partial charge in [0.15, 0.2) is 5.96 Å². The summed E-state index contributed by atoms with van der Waals surface area (Å²) < 4.78 is 11.5. The number of nitrogens with zero attached hydrogens (tertiary/aromatic N) is 2. The molecule has 1 N–H and O–H groups in total. The third-order valence-electron chi connectivity index (χ3n) is 5.17. The number of rotatable bonds is 6. The third-order valence-corrected chi connectivity index (χ3v) is 5.17. The van der Waals surface area contributed by atoms with E-state index in [1.165, 1.54) is 5.56 Å². The minimum Gasteiger partial charge on any atom is -0.496 e. The standard InChI is InChI=1S/C23H31N3O2.HI/c1-18-9-10-19(17-22(18)27-3)11-14-25-23(24-2)26-15-12-21(13-16-26)28-20-7-5-4-6-8-20;/h4-10,17,21H,11-16H2,1-3H3,(H,24,25);1H. The molecule has 0 spiro atoms. The van der Waals surface area contributed by atoms with Crippen LogP contribution in [0.2, 0.25) is 0 Å². The summed E-state index contributed by atoms with van der Waals surface area (Å²) in [5, 5.41) is 3.50. The van der Waals surface area contributed by atoms with E-state index in [4.69, 9.17) is 9.47 Å². The van der Waals surface area contributed by atoms with Gasteiger partial charge in [-0.05, 0) is 42.7 Å². The van der Waals surface area contributed by atoms with Gasteiger partial charge < -0.3 is 19.7 Å². The summed E-state index contributed by atoms with van der Waals surface area (Å²) in [6.45, 7) is 4.82. The SMILES string of the molecule is CN=C(NCCc1ccc(C)c(OC)c1)N1CCC(Oc2ccccc2)CC1.I. The van der Waals surface area contributed by atoms with E-state index in [1.807, 2.05) is 37.4 Å². The number of methoxy groups -OCH3 is 1. The zero-order valence-corrected chi connectivity index (χ0v) is 19.9. The van der Waals surface area contributed by atoms with Crippen molar-refractivity contribution >= 4 is 29.9 Å². The highest BCUT2D eigenvalue weighted by molar-refractivity contribution is 14.0. The van der Waals surface area contributed by atoms with Crippen molar-refractivity contribution in [3.05, 3.63) is 59.7 Å². The molecular weight excluding hydrogens is 477 g/mol. The summed E-state index contributed by atoms with van der Waals surface area (Å²) >= 11 is 0. The molecule has 29 heavy (non-hydrogen) atoms. The number of halogens is 1. The highest BCUT2D eigenvalue weighted by Gasteiger charge is 2.22. The number of likely N-dealkylation sites (tertiary alicyclic amines) is 1. The van der Waals surface area contributed by atoms with Crippen LogP contribution in [0, 0.1) is 6.92 Å². The topological polar surface area (TPSA) is 46.1 Å². The molecule has 2 aromatic carbocycles. The van der Waals surface area contributed by atoms with Crippen LogP contribution in [-0.2, 0) is 6.42 Å². The Balaban J connectivity index is 0.00000300. The van der Waals surface area contributed by atoms with Crippen LogP contribution in [0.1, 0.15) is 24.0 Å². The van der Waals surface area contributed by atoms with Gasteiger partial charge in [0.1, 0.15) is 17.6 Å². The number of aryl methyl sites for hydroxylation is 1. The van der Waals surface area contributed by atoms with Gasteiger partial charge in [0.25, 0.3) is 0 Å². The first-order valence-corrected chi connectivity index (χ1v) is 10.0. The lowest BCUT2D eigenvalue weighted by Gasteiger charge is -2.34. The van der Waals surface area contributed by atoms with Gasteiger partial charge >= 0.3 is 0 Å². The molecule has 1 heterocycles. The van der Waals surface area contributed by atoms with Crippen molar-refractivity contribution in [2.24, 2.45) is 4.99 Å². The van der Waals surface area contributed by atoms with Crippen molar-refractivity contribution in [3.8, 4) is 11.5 Å². The van der Waals surface area contributed by atoms with Crippen molar-refractivity contribution in [1.29, 1.82) is 0 Å². The molecule has 0 aliphatic carbocycles. The Kier molecular flexibility index (Phi) is 9.57. The zero-order chi connectivity index (χ0) is 19.8. The van der Waals surface area contributed by atoms with Crippen LogP contribution in [0.3, 0.4) is 0 Å². The quantitative estimate of drug-likeness (QED) is 0.359. The van der Waals surface area contributed by atoms with Crippen molar-refractivity contribution in [2.75, 3.05) is 33.8 Å². The van der Waals surface area contributed by atoms with Gasteiger partial charge in [-0.2, -0.15) is 0 Å². The number of piperidine rings is 1. The highest BCUT2D eigenvalue weighted by Crippen LogP contribution is 2.20. The molecule has 0 atom stereocenters. The predicted molar refractivity (Wildman–Crippen MR) is 130 cm³/mol. The summed E-state index contributed by atoms with van der Waals surface area (Å²) in [6, 6.07) is 16.5. The molecule has 0 amide bonds. The van der Waals surface area contributed by atoms with Gasteiger partial charge in [-0.3, -0.25) is 4.99 Å². The van der Waals surface area contributed by atoms with E-state index in [0.717, 1.165) is 61.9 Å². The molecule has 5 nitrogen and oxygen atoms in total. The summed E-state index contributed by atoms with van der Waals surface area (Å²) in [6.07, 6.45) is 3.22.